The van der Waals surface area contributed by atoms with E-state index >= 15 is 0 Å². The zero-order valence-corrected chi connectivity index (χ0v) is 14.3. The van der Waals surface area contributed by atoms with Crippen molar-refractivity contribution < 1.29 is 4.79 Å². The molecule has 6 heteroatoms. The maximum Gasteiger partial charge on any atom is 0.228 e. The molecular formula is C17H23ClN4O. The first kappa shape index (κ1) is 17.5. The third-order valence-electron chi connectivity index (χ3n) is 4.07. The number of piperidine rings is 1. The summed E-state index contributed by atoms with van der Waals surface area (Å²) in [5.74, 6) is 0.128. The highest BCUT2D eigenvalue weighted by molar-refractivity contribution is 5.94. The SMILES string of the molecule is Cc1cc(C)n(-c2ccccc2NC(=O)C2CCCNC2)n1.Cl. The predicted octanol–water partition coefficient (Wildman–Crippen LogP) is 2.85. The lowest BCUT2D eigenvalue weighted by Crippen LogP contribution is -2.37. The Balaban J connectivity index is 0.00000192. The van der Waals surface area contributed by atoms with Crippen LogP contribution in [0.3, 0.4) is 0 Å². The lowest BCUT2D eigenvalue weighted by atomic mass is 9.99. The molecular weight excluding hydrogens is 312 g/mol. The number of hydrogen-bond donors (Lipinski definition) is 2. The number of carbonyl (C=O) groups is 1. The Morgan fingerprint density at radius 3 is 2.78 bits per heavy atom. The Morgan fingerprint density at radius 2 is 2.13 bits per heavy atom. The standard InChI is InChI=1S/C17H22N4O.ClH/c1-12-10-13(2)21(20-12)16-8-4-3-7-15(16)19-17(22)14-6-5-9-18-11-14;/h3-4,7-8,10,14,18H,5-6,9,11H2,1-2H3,(H,19,22);1H. The minimum Gasteiger partial charge on any atom is -0.324 e. The molecule has 5 nitrogen and oxygen atoms in total. The van der Waals surface area contributed by atoms with Crippen LogP contribution < -0.4 is 10.6 Å². The summed E-state index contributed by atoms with van der Waals surface area (Å²) in [6, 6.07) is 9.84. The van der Waals surface area contributed by atoms with E-state index in [1.165, 1.54) is 0 Å². The van der Waals surface area contributed by atoms with Crippen molar-refractivity contribution in [2.24, 2.45) is 5.92 Å². The molecule has 124 valence electrons. The van der Waals surface area contributed by atoms with Crippen LogP contribution in [0.15, 0.2) is 30.3 Å². The van der Waals surface area contributed by atoms with Gasteiger partial charge in [0.25, 0.3) is 0 Å². The molecule has 0 aliphatic carbocycles. The summed E-state index contributed by atoms with van der Waals surface area (Å²) in [5, 5.41) is 10.9. The molecule has 1 aliphatic heterocycles. The number of halogens is 1. The average Bonchev–Trinajstić information content (AvgIpc) is 2.87. The van der Waals surface area contributed by atoms with E-state index in [0.717, 1.165) is 48.7 Å². The molecule has 1 amide bonds. The van der Waals surface area contributed by atoms with Crippen LogP contribution in [-0.4, -0.2) is 28.8 Å². The van der Waals surface area contributed by atoms with Gasteiger partial charge in [-0.3, -0.25) is 4.79 Å². The van der Waals surface area contributed by atoms with Crippen molar-refractivity contribution >= 4 is 24.0 Å². The summed E-state index contributed by atoms with van der Waals surface area (Å²) in [6.07, 6.45) is 2.00. The summed E-state index contributed by atoms with van der Waals surface area (Å²) in [5.41, 5.74) is 3.74. The smallest absolute Gasteiger partial charge is 0.228 e. The first-order chi connectivity index (χ1) is 10.6. The Hall–Kier alpha value is -1.85. The van der Waals surface area contributed by atoms with Crippen LogP contribution in [0.25, 0.3) is 5.69 Å². The maximum absolute atomic E-state index is 12.5. The highest BCUT2D eigenvalue weighted by Crippen LogP contribution is 2.23. The first-order valence-corrected chi connectivity index (χ1v) is 7.79. The van der Waals surface area contributed by atoms with E-state index < -0.39 is 0 Å². The molecule has 1 aromatic carbocycles. The Bertz CT molecular complexity index is 677. The fourth-order valence-corrected chi connectivity index (χ4v) is 2.95. The van der Waals surface area contributed by atoms with Crippen molar-refractivity contribution in [2.45, 2.75) is 26.7 Å². The van der Waals surface area contributed by atoms with Crippen LogP contribution in [0.2, 0.25) is 0 Å². The minimum atomic E-state index is 0. The van der Waals surface area contributed by atoms with Crippen LogP contribution in [0.4, 0.5) is 5.69 Å². The second kappa shape index (κ2) is 7.62. The van der Waals surface area contributed by atoms with Gasteiger partial charge < -0.3 is 10.6 Å². The summed E-state index contributed by atoms with van der Waals surface area (Å²) < 4.78 is 1.88. The quantitative estimate of drug-likeness (QED) is 0.907. The van der Waals surface area contributed by atoms with Gasteiger partial charge in [-0.1, -0.05) is 12.1 Å². The number of hydrogen-bond acceptors (Lipinski definition) is 3. The van der Waals surface area contributed by atoms with Crippen molar-refractivity contribution in [1.29, 1.82) is 0 Å². The number of rotatable bonds is 3. The zero-order chi connectivity index (χ0) is 15.5. The Kier molecular flexibility index (Phi) is 5.80. The Morgan fingerprint density at radius 1 is 1.35 bits per heavy atom. The molecule has 0 saturated carbocycles. The van der Waals surface area contributed by atoms with Crippen LogP contribution in [0.5, 0.6) is 0 Å². The summed E-state index contributed by atoms with van der Waals surface area (Å²) in [6.45, 7) is 5.75. The zero-order valence-electron chi connectivity index (χ0n) is 13.5. The fraction of sp³-hybridized carbons (Fsp3) is 0.412. The molecule has 1 aliphatic rings. The van der Waals surface area contributed by atoms with Crippen LogP contribution in [-0.2, 0) is 4.79 Å². The van der Waals surface area contributed by atoms with Crippen molar-refractivity contribution in [3.63, 3.8) is 0 Å². The van der Waals surface area contributed by atoms with Gasteiger partial charge in [-0.25, -0.2) is 4.68 Å². The van der Waals surface area contributed by atoms with Gasteiger partial charge in [0.05, 0.1) is 23.0 Å². The van der Waals surface area contributed by atoms with Crippen molar-refractivity contribution in [1.82, 2.24) is 15.1 Å². The molecule has 1 atom stereocenters. The largest absolute Gasteiger partial charge is 0.324 e. The fourth-order valence-electron chi connectivity index (χ4n) is 2.95. The number of benzene rings is 1. The molecule has 23 heavy (non-hydrogen) atoms. The van der Waals surface area contributed by atoms with Gasteiger partial charge in [-0.2, -0.15) is 5.10 Å². The lowest BCUT2D eigenvalue weighted by Gasteiger charge is -2.22. The van der Waals surface area contributed by atoms with E-state index in [2.05, 4.69) is 15.7 Å². The average molecular weight is 335 g/mol. The van der Waals surface area contributed by atoms with E-state index in [0.29, 0.717) is 0 Å². The molecule has 2 heterocycles. The lowest BCUT2D eigenvalue weighted by molar-refractivity contribution is -0.120. The number of nitrogens with one attached hydrogen (secondary N) is 2. The number of carbonyl (C=O) groups excluding carboxylic acids is 1. The number of amides is 1. The maximum atomic E-state index is 12.5. The van der Waals surface area contributed by atoms with E-state index in [9.17, 15) is 4.79 Å². The van der Waals surface area contributed by atoms with Crippen molar-refractivity contribution in [3.05, 3.63) is 41.7 Å². The second-order valence-corrected chi connectivity index (χ2v) is 5.89. The second-order valence-electron chi connectivity index (χ2n) is 5.89. The number of anilines is 1. The number of para-hydroxylation sites is 2. The van der Waals surface area contributed by atoms with Crippen LogP contribution in [0, 0.1) is 19.8 Å². The Labute approximate surface area is 142 Å². The molecule has 1 fully saturated rings. The molecule has 1 aromatic heterocycles. The monoisotopic (exact) mass is 334 g/mol. The van der Waals surface area contributed by atoms with E-state index in [1.54, 1.807) is 0 Å². The van der Waals surface area contributed by atoms with Crippen LogP contribution >= 0.6 is 12.4 Å². The third kappa shape index (κ3) is 3.92. The molecule has 1 unspecified atom stereocenters. The van der Waals surface area contributed by atoms with Crippen LogP contribution in [0.1, 0.15) is 24.2 Å². The van der Waals surface area contributed by atoms with Gasteiger partial charge in [0.2, 0.25) is 5.91 Å². The number of nitrogens with zero attached hydrogens (tertiary/aromatic N) is 2. The topological polar surface area (TPSA) is 59.0 Å². The molecule has 3 rings (SSSR count). The highest BCUT2D eigenvalue weighted by atomic mass is 35.5. The summed E-state index contributed by atoms with van der Waals surface area (Å²) >= 11 is 0. The van der Waals surface area contributed by atoms with E-state index in [4.69, 9.17) is 0 Å². The van der Waals surface area contributed by atoms with Gasteiger partial charge in [0.1, 0.15) is 0 Å². The first-order valence-electron chi connectivity index (χ1n) is 7.79. The van der Waals surface area contributed by atoms with Gasteiger partial charge in [-0.15, -0.1) is 12.4 Å². The van der Waals surface area contributed by atoms with Crippen molar-refractivity contribution in [2.75, 3.05) is 18.4 Å². The van der Waals surface area contributed by atoms with Crippen molar-refractivity contribution in [3.8, 4) is 5.69 Å². The minimum absolute atomic E-state index is 0. The number of aryl methyl sites for hydroxylation is 2. The van der Waals surface area contributed by atoms with E-state index in [1.807, 2.05) is 48.9 Å². The molecule has 1 saturated heterocycles. The van der Waals surface area contributed by atoms with Gasteiger partial charge in [-0.05, 0) is 51.4 Å². The van der Waals surface area contributed by atoms with Gasteiger partial charge in [0.15, 0.2) is 0 Å². The molecule has 0 spiro atoms. The molecule has 2 N–H and O–H groups in total. The molecule has 0 radical (unpaired) electrons. The summed E-state index contributed by atoms with van der Waals surface area (Å²) in [7, 11) is 0. The van der Waals surface area contributed by atoms with Gasteiger partial charge >= 0.3 is 0 Å². The molecule has 0 bridgehead atoms. The highest BCUT2D eigenvalue weighted by Gasteiger charge is 2.22. The normalized spacial score (nSPS) is 17.4. The number of aromatic nitrogens is 2. The third-order valence-corrected chi connectivity index (χ3v) is 4.07. The van der Waals surface area contributed by atoms with Gasteiger partial charge in [0, 0.05) is 12.2 Å². The summed E-state index contributed by atoms with van der Waals surface area (Å²) in [4.78, 5) is 12.5. The van der Waals surface area contributed by atoms with E-state index in [-0.39, 0.29) is 24.2 Å². The molecule has 2 aromatic rings. The predicted molar refractivity (Wildman–Crippen MR) is 94.5 cm³/mol.